The number of hydrogen-bond donors (Lipinski definition) is 0. The van der Waals surface area contributed by atoms with Gasteiger partial charge in [-0.1, -0.05) is 0 Å². The molecule has 3 aromatic rings. The Morgan fingerprint density at radius 2 is 1.96 bits per heavy atom. The second-order valence-corrected chi connectivity index (χ2v) is 7.34. The molecule has 2 aromatic heterocycles. The molecule has 0 saturated carbocycles. The predicted octanol–water partition coefficient (Wildman–Crippen LogP) is 3.89. The number of oxazole rings is 1. The predicted molar refractivity (Wildman–Crippen MR) is 99.5 cm³/mol. The maximum Gasteiger partial charge on any atom is 0.226 e. The molecular formula is C19H22N4OS. The van der Waals surface area contributed by atoms with Crippen molar-refractivity contribution in [1.82, 2.24) is 19.7 Å². The third kappa shape index (κ3) is 3.37. The van der Waals surface area contributed by atoms with Crippen molar-refractivity contribution in [3.8, 4) is 11.5 Å². The second kappa shape index (κ2) is 6.69. The number of aryl methyl sites for hydroxylation is 2. The van der Waals surface area contributed by atoms with Crippen LogP contribution in [0.2, 0.25) is 0 Å². The van der Waals surface area contributed by atoms with E-state index in [1.807, 2.05) is 13.8 Å². The molecule has 4 rings (SSSR count). The molecule has 130 valence electrons. The van der Waals surface area contributed by atoms with E-state index in [1.165, 1.54) is 10.6 Å². The zero-order valence-corrected chi connectivity index (χ0v) is 15.6. The smallest absolute Gasteiger partial charge is 0.226 e. The summed E-state index contributed by atoms with van der Waals surface area (Å²) in [4.78, 5) is 8.40. The number of aromatic nitrogens is 3. The van der Waals surface area contributed by atoms with Crippen LogP contribution in [0.5, 0.6) is 0 Å². The first-order valence-corrected chi connectivity index (χ1v) is 9.71. The van der Waals surface area contributed by atoms with Gasteiger partial charge in [-0.15, -0.1) is 11.8 Å². The lowest BCUT2D eigenvalue weighted by Crippen LogP contribution is -2.33. The van der Waals surface area contributed by atoms with Crippen LogP contribution in [0.15, 0.2) is 39.6 Å². The maximum atomic E-state index is 5.93. The Labute approximate surface area is 152 Å². The van der Waals surface area contributed by atoms with Gasteiger partial charge in [-0.2, -0.15) is 5.10 Å². The molecule has 0 amide bonds. The Morgan fingerprint density at radius 1 is 1.16 bits per heavy atom. The minimum atomic E-state index is 0.707. The van der Waals surface area contributed by atoms with Crippen LogP contribution >= 0.6 is 11.8 Å². The Balaban J connectivity index is 1.51. The summed E-state index contributed by atoms with van der Waals surface area (Å²) in [6, 6.07) is 10.5. The summed E-state index contributed by atoms with van der Waals surface area (Å²) in [6.45, 7) is 7.68. The number of rotatable bonds is 4. The van der Waals surface area contributed by atoms with Crippen molar-refractivity contribution in [3.63, 3.8) is 0 Å². The molecule has 0 saturated heterocycles. The van der Waals surface area contributed by atoms with Gasteiger partial charge in [-0.25, -0.2) is 4.98 Å². The van der Waals surface area contributed by atoms with E-state index in [2.05, 4.69) is 51.3 Å². The van der Waals surface area contributed by atoms with Crippen molar-refractivity contribution in [2.75, 3.05) is 12.8 Å². The van der Waals surface area contributed by atoms with Gasteiger partial charge in [0.2, 0.25) is 5.89 Å². The molecule has 0 radical (unpaired) electrons. The van der Waals surface area contributed by atoms with E-state index >= 15 is 0 Å². The van der Waals surface area contributed by atoms with E-state index in [0.717, 1.165) is 48.9 Å². The highest BCUT2D eigenvalue weighted by Gasteiger charge is 2.20. The van der Waals surface area contributed by atoms with Crippen LogP contribution in [0, 0.1) is 13.8 Å². The highest BCUT2D eigenvalue weighted by molar-refractivity contribution is 7.98. The van der Waals surface area contributed by atoms with Crippen LogP contribution in [0.3, 0.4) is 0 Å². The summed E-state index contributed by atoms with van der Waals surface area (Å²) >= 11 is 1.74. The van der Waals surface area contributed by atoms with Crippen LogP contribution in [-0.2, 0) is 19.6 Å². The standard InChI is InChI=1S/C19H22N4OS/c1-13-10-16-11-22(8-9-23(16)21-13)12-18-14(2)24-19(20-18)15-4-6-17(25-3)7-5-15/h4-7,10H,8-9,11-12H2,1-3H3. The topological polar surface area (TPSA) is 47.1 Å². The third-order valence-corrected chi connectivity index (χ3v) is 5.35. The van der Waals surface area contributed by atoms with Crippen molar-refractivity contribution >= 4 is 11.8 Å². The summed E-state index contributed by atoms with van der Waals surface area (Å²) in [7, 11) is 0. The van der Waals surface area contributed by atoms with E-state index in [9.17, 15) is 0 Å². The maximum absolute atomic E-state index is 5.93. The van der Waals surface area contributed by atoms with E-state index in [-0.39, 0.29) is 0 Å². The normalized spacial score (nSPS) is 14.7. The van der Waals surface area contributed by atoms with Gasteiger partial charge >= 0.3 is 0 Å². The molecule has 6 heteroatoms. The van der Waals surface area contributed by atoms with E-state index in [1.54, 1.807) is 11.8 Å². The molecule has 0 aliphatic carbocycles. The zero-order valence-electron chi connectivity index (χ0n) is 14.8. The van der Waals surface area contributed by atoms with Crippen molar-refractivity contribution in [3.05, 3.63) is 53.2 Å². The molecule has 25 heavy (non-hydrogen) atoms. The quantitative estimate of drug-likeness (QED) is 0.665. The van der Waals surface area contributed by atoms with Crippen LogP contribution < -0.4 is 0 Å². The van der Waals surface area contributed by atoms with Crippen LogP contribution in [-0.4, -0.2) is 32.5 Å². The molecular weight excluding hydrogens is 332 g/mol. The Bertz CT molecular complexity index is 881. The van der Waals surface area contributed by atoms with Gasteiger partial charge in [0.15, 0.2) is 0 Å². The lowest BCUT2D eigenvalue weighted by molar-refractivity contribution is 0.202. The molecule has 0 fully saturated rings. The lowest BCUT2D eigenvalue weighted by Gasteiger charge is -2.26. The van der Waals surface area contributed by atoms with Crippen LogP contribution in [0.25, 0.3) is 11.5 Å². The van der Waals surface area contributed by atoms with Crippen LogP contribution in [0.4, 0.5) is 0 Å². The third-order valence-electron chi connectivity index (χ3n) is 4.60. The molecule has 0 N–H and O–H groups in total. The molecule has 0 bridgehead atoms. The van der Waals surface area contributed by atoms with Gasteiger partial charge in [0.25, 0.3) is 0 Å². The summed E-state index contributed by atoms with van der Waals surface area (Å²) in [5.41, 5.74) is 4.41. The first-order valence-electron chi connectivity index (χ1n) is 8.49. The second-order valence-electron chi connectivity index (χ2n) is 6.46. The summed E-state index contributed by atoms with van der Waals surface area (Å²) in [6.07, 6.45) is 2.08. The first-order chi connectivity index (χ1) is 12.1. The molecule has 0 spiro atoms. The lowest BCUT2D eigenvalue weighted by atomic mass is 10.2. The highest BCUT2D eigenvalue weighted by atomic mass is 32.2. The van der Waals surface area contributed by atoms with E-state index in [4.69, 9.17) is 9.40 Å². The minimum absolute atomic E-state index is 0.707. The van der Waals surface area contributed by atoms with Crippen LogP contribution in [0.1, 0.15) is 22.8 Å². The average Bonchev–Trinajstić information content (AvgIpc) is 3.16. The summed E-state index contributed by atoms with van der Waals surface area (Å²) < 4.78 is 8.04. The van der Waals surface area contributed by atoms with Crippen molar-refractivity contribution in [2.45, 2.75) is 38.4 Å². The molecule has 3 heterocycles. The minimum Gasteiger partial charge on any atom is -0.441 e. The first kappa shape index (κ1) is 16.4. The number of benzene rings is 1. The number of nitrogens with zero attached hydrogens (tertiary/aromatic N) is 4. The molecule has 1 aromatic carbocycles. The van der Waals surface area contributed by atoms with Gasteiger partial charge in [0.1, 0.15) is 5.76 Å². The van der Waals surface area contributed by atoms with Gasteiger partial charge in [0, 0.05) is 30.1 Å². The van der Waals surface area contributed by atoms with Gasteiger partial charge < -0.3 is 4.42 Å². The fraction of sp³-hybridized carbons (Fsp3) is 0.368. The molecule has 0 atom stereocenters. The Hall–Kier alpha value is -2.05. The van der Waals surface area contributed by atoms with Crippen molar-refractivity contribution in [1.29, 1.82) is 0 Å². The molecule has 1 aliphatic heterocycles. The molecule has 1 aliphatic rings. The number of hydrogen-bond acceptors (Lipinski definition) is 5. The van der Waals surface area contributed by atoms with Gasteiger partial charge in [0.05, 0.1) is 23.6 Å². The Morgan fingerprint density at radius 3 is 2.72 bits per heavy atom. The monoisotopic (exact) mass is 354 g/mol. The summed E-state index contributed by atoms with van der Waals surface area (Å²) in [5.74, 6) is 1.61. The zero-order chi connectivity index (χ0) is 17.4. The molecule has 5 nitrogen and oxygen atoms in total. The van der Waals surface area contributed by atoms with Crippen molar-refractivity contribution in [2.24, 2.45) is 0 Å². The number of thioether (sulfide) groups is 1. The fourth-order valence-electron chi connectivity index (χ4n) is 3.24. The average molecular weight is 354 g/mol. The number of fused-ring (bicyclic) bond motifs is 1. The van der Waals surface area contributed by atoms with Gasteiger partial charge in [-0.05, 0) is 50.4 Å². The SMILES string of the molecule is CSc1ccc(-c2nc(CN3CCn4nc(C)cc4C3)c(C)o2)cc1. The largest absolute Gasteiger partial charge is 0.441 e. The highest BCUT2D eigenvalue weighted by Crippen LogP contribution is 2.25. The van der Waals surface area contributed by atoms with E-state index < -0.39 is 0 Å². The van der Waals surface area contributed by atoms with Gasteiger partial charge in [-0.3, -0.25) is 9.58 Å². The Kier molecular flexibility index (Phi) is 4.39. The molecule has 0 unspecified atom stereocenters. The summed E-state index contributed by atoms with van der Waals surface area (Å²) in [5, 5.41) is 4.52. The van der Waals surface area contributed by atoms with Crippen molar-refractivity contribution < 1.29 is 4.42 Å². The fourth-order valence-corrected chi connectivity index (χ4v) is 3.65. The van der Waals surface area contributed by atoms with E-state index in [0.29, 0.717) is 5.89 Å².